The van der Waals surface area contributed by atoms with Gasteiger partial charge in [-0.15, -0.1) is 0 Å². The van der Waals surface area contributed by atoms with Gasteiger partial charge in [-0.25, -0.2) is 0 Å². The molecule has 0 radical (unpaired) electrons. The predicted octanol–water partition coefficient (Wildman–Crippen LogP) is 7.41. The van der Waals surface area contributed by atoms with Crippen molar-refractivity contribution >= 4 is 11.6 Å². The summed E-state index contributed by atoms with van der Waals surface area (Å²) < 4.78 is 10.5. The van der Waals surface area contributed by atoms with E-state index in [2.05, 4.69) is 6.92 Å². The third-order valence-electron chi connectivity index (χ3n) is 6.74. The minimum absolute atomic E-state index is 0.0377. The van der Waals surface area contributed by atoms with Crippen LogP contribution in [0.1, 0.15) is 77.3 Å². The second-order valence-corrected chi connectivity index (χ2v) is 9.85. The molecular weight excluding hydrogens is 548 g/mol. The SMILES string of the molecule is CCCCCCCCOc1ccc(C(=O)c2ccccc2)c(O)c1.COc1ccc(C(=O)c2ccccc2O)c(O)c1O. The largest absolute Gasteiger partial charge is 0.507 e. The fourth-order valence-corrected chi connectivity index (χ4v) is 4.33. The Bertz CT molecular complexity index is 1500. The summed E-state index contributed by atoms with van der Waals surface area (Å²) in [5, 5.41) is 39.2. The Balaban J connectivity index is 0.000000242. The molecule has 43 heavy (non-hydrogen) atoms. The van der Waals surface area contributed by atoms with Gasteiger partial charge >= 0.3 is 0 Å². The number of unbranched alkanes of at least 4 members (excludes halogenated alkanes) is 5. The van der Waals surface area contributed by atoms with Gasteiger partial charge in [-0.05, 0) is 42.8 Å². The summed E-state index contributed by atoms with van der Waals surface area (Å²) in [6, 6.07) is 22.5. The molecule has 0 atom stereocenters. The molecule has 8 nitrogen and oxygen atoms in total. The van der Waals surface area contributed by atoms with Gasteiger partial charge in [-0.2, -0.15) is 0 Å². The molecule has 0 bridgehead atoms. The van der Waals surface area contributed by atoms with Crippen molar-refractivity contribution in [3.8, 4) is 34.5 Å². The molecule has 0 aliphatic heterocycles. The standard InChI is InChI=1S/C21H26O3.C14H12O5/c1-2-3-4-5-6-10-15-24-18-13-14-19(20(22)16-18)21(23)17-11-8-7-9-12-17;1-19-11-7-6-9(13(17)14(11)18)12(16)8-4-2-3-5-10(8)15/h7-9,11-14,16,22H,2-6,10,15H2,1H3;2-7,15,17-18H,1H3. The molecule has 4 aromatic rings. The van der Waals surface area contributed by atoms with Crippen LogP contribution in [0.5, 0.6) is 34.5 Å². The normalized spacial score (nSPS) is 10.4. The second-order valence-electron chi connectivity index (χ2n) is 9.85. The van der Waals surface area contributed by atoms with E-state index in [4.69, 9.17) is 9.47 Å². The number of carbonyl (C=O) groups is 2. The maximum absolute atomic E-state index is 12.4. The molecule has 4 rings (SSSR count). The molecule has 0 fully saturated rings. The van der Waals surface area contributed by atoms with Crippen LogP contribution in [-0.4, -0.2) is 45.7 Å². The molecule has 4 N–H and O–H groups in total. The van der Waals surface area contributed by atoms with Crippen molar-refractivity contribution in [2.75, 3.05) is 13.7 Å². The van der Waals surface area contributed by atoms with Gasteiger partial charge in [0.1, 0.15) is 17.2 Å². The maximum atomic E-state index is 12.4. The lowest BCUT2D eigenvalue weighted by Gasteiger charge is -2.09. The Morgan fingerprint density at radius 3 is 1.93 bits per heavy atom. The molecule has 0 saturated heterocycles. The van der Waals surface area contributed by atoms with Gasteiger partial charge < -0.3 is 29.9 Å². The van der Waals surface area contributed by atoms with Crippen LogP contribution in [-0.2, 0) is 0 Å². The van der Waals surface area contributed by atoms with Crippen molar-refractivity contribution < 1.29 is 39.5 Å². The first-order valence-electron chi connectivity index (χ1n) is 14.3. The van der Waals surface area contributed by atoms with Crippen LogP contribution in [0.3, 0.4) is 0 Å². The van der Waals surface area contributed by atoms with E-state index in [1.807, 2.05) is 18.2 Å². The molecule has 0 aliphatic rings. The highest BCUT2D eigenvalue weighted by atomic mass is 16.5. The average Bonchev–Trinajstić information content (AvgIpc) is 3.02. The molecule has 226 valence electrons. The van der Waals surface area contributed by atoms with Gasteiger partial charge in [0.25, 0.3) is 0 Å². The van der Waals surface area contributed by atoms with Crippen LogP contribution in [0.2, 0.25) is 0 Å². The van der Waals surface area contributed by atoms with Gasteiger partial charge in [0.05, 0.1) is 30.4 Å². The van der Waals surface area contributed by atoms with E-state index < -0.39 is 17.3 Å². The predicted molar refractivity (Wildman–Crippen MR) is 165 cm³/mol. The van der Waals surface area contributed by atoms with E-state index >= 15 is 0 Å². The molecular formula is C35H38O8. The lowest BCUT2D eigenvalue weighted by atomic mass is 10.0. The van der Waals surface area contributed by atoms with Crippen LogP contribution < -0.4 is 9.47 Å². The smallest absolute Gasteiger partial charge is 0.201 e. The number of phenols is 4. The van der Waals surface area contributed by atoms with Gasteiger partial charge in [0.2, 0.25) is 11.5 Å². The Morgan fingerprint density at radius 1 is 0.628 bits per heavy atom. The Kier molecular flexibility index (Phi) is 12.5. The zero-order valence-corrected chi connectivity index (χ0v) is 24.5. The van der Waals surface area contributed by atoms with Crippen molar-refractivity contribution in [2.24, 2.45) is 0 Å². The molecule has 0 heterocycles. The number of para-hydroxylation sites is 1. The summed E-state index contributed by atoms with van der Waals surface area (Å²) in [5.41, 5.74) is 0.795. The molecule has 0 aliphatic carbocycles. The zero-order chi connectivity index (χ0) is 31.2. The lowest BCUT2D eigenvalue weighted by Crippen LogP contribution is -2.02. The minimum Gasteiger partial charge on any atom is -0.507 e. The number of carbonyl (C=O) groups excluding carboxylic acids is 2. The zero-order valence-electron chi connectivity index (χ0n) is 24.5. The quantitative estimate of drug-likeness (QED) is 0.0723. The van der Waals surface area contributed by atoms with E-state index in [9.17, 15) is 30.0 Å². The van der Waals surface area contributed by atoms with E-state index in [1.165, 1.54) is 63.1 Å². The van der Waals surface area contributed by atoms with Gasteiger partial charge in [-0.3, -0.25) is 9.59 Å². The van der Waals surface area contributed by atoms with Crippen molar-refractivity contribution in [3.05, 3.63) is 107 Å². The topological polar surface area (TPSA) is 134 Å². The Hall–Kier alpha value is -4.98. The first-order chi connectivity index (χ1) is 20.8. The van der Waals surface area contributed by atoms with Crippen LogP contribution >= 0.6 is 0 Å². The van der Waals surface area contributed by atoms with Crippen molar-refractivity contribution in [1.29, 1.82) is 0 Å². The number of phenolic OH excluding ortho intramolecular Hbond substituents is 4. The summed E-state index contributed by atoms with van der Waals surface area (Å²) >= 11 is 0. The van der Waals surface area contributed by atoms with Crippen molar-refractivity contribution in [1.82, 2.24) is 0 Å². The monoisotopic (exact) mass is 586 g/mol. The number of hydrogen-bond acceptors (Lipinski definition) is 8. The first kappa shape index (κ1) is 32.5. The third kappa shape index (κ3) is 9.00. The maximum Gasteiger partial charge on any atom is 0.201 e. The van der Waals surface area contributed by atoms with E-state index in [-0.39, 0.29) is 34.2 Å². The number of hydrogen-bond donors (Lipinski definition) is 4. The van der Waals surface area contributed by atoms with Crippen LogP contribution in [0, 0.1) is 0 Å². The highest BCUT2D eigenvalue weighted by Crippen LogP contribution is 2.39. The number of methoxy groups -OCH3 is 1. The number of rotatable bonds is 13. The number of benzene rings is 4. The molecule has 4 aromatic carbocycles. The summed E-state index contributed by atoms with van der Waals surface area (Å²) in [4.78, 5) is 24.5. The fourth-order valence-electron chi connectivity index (χ4n) is 4.33. The van der Waals surface area contributed by atoms with E-state index in [0.717, 1.165) is 12.8 Å². The van der Waals surface area contributed by atoms with Crippen LogP contribution in [0.4, 0.5) is 0 Å². The fraction of sp³-hybridized carbons (Fsp3) is 0.257. The average molecular weight is 587 g/mol. The highest BCUT2D eigenvalue weighted by molar-refractivity contribution is 6.13. The first-order valence-corrected chi connectivity index (χ1v) is 14.3. The number of ether oxygens (including phenoxy) is 2. The summed E-state index contributed by atoms with van der Waals surface area (Å²) in [6.07, 6.45) is 7.25. The Labute approximate surface area is 251 Å². The van der Waals surface area contributed by atoms with Crippen molar-refractivity contribution in [3.63, 3.8) is 0 Å². The van der Waals surface area contributed by atoms with Gasteiger partial charge in [0, 0.05) is 11.6 Å². The van der Waals surface area contributed by atoms with Gasteiger partial charge in [-0.1, -0.05) is 81.5 Å². The molecule has 8 heteroatoms. The molecule has 0 saturated carbocycles. The lowest BCUT2D eigenvalue weighted by molar-refractivity contribution is 0.102. The highest BCUT2D eigenvalue weighted by Gasteiger charge is 2.21. The van der Waals surface area contributed by atoms with E-state index in [1.54, 1.807) is 36.4 Å². The molecule has 0 spiro atoms. The molecule has 0 unspecified atom stereocenters. The number of ketones is 2. The van der Waals surface area contributed by atoms with Crippen LogP contribution in [0.15, 0.2) is 84.9 Å². The summed E-state index contributed by atoms with van der Waals surface area (Å²) in [7, 11) is 1.33. The minimum atomic E-state index is -0.589. The Morgan fingerprint density at radius 2 is 1.26 bits per heavy atom. The number of aromatic hydroxyl groups is 4. The van der Waals surface area contributed by atoms with Crippen LogP contribution in [0.25, 0.3) is 0 Å². The third-order valence-corrected chi connectivity index (χ3v) is 6.74. The summed E-state index contributed by atoms with van der Waals surface area (Å²) in [6.45, 7) is 2.85. The summed E-state index contributed by atoms with van der Waals surface area (Å²) in [5.74, 6) is -1.43. The molecule has 0 aromatic heterocycles. The van der Waals surface area contributed by atoms with Gasteiger partial charge in [0.15, 0.2) is 17.3 Å². The second kappa shape index (κ2) is 16.5. The van der Waals surface area contributed by atoms with Crippen molar-refractivity contribution in [2.45, 2.75) is 45.4 Å². The van der Waals surface area contributed by atoms with E-state index in [0.29, 0.717) is 23.5 Å². The molecule has 0 amide bonds.